The highest BCUT2D eigenvalue weighted by Gasteiger charge is 2.43. The van der Waals surface area contributed by atoms with Crippen LogP contribution in [0.5, 0.6) is 0 Å². The van der Waals surface area contributed by atoms with Crippen molar-refractivity contribution < 1.29 is 9.59 Å². The van der Waals surface area contributed by atoms with Crippen molar-refractivity contribution in [3.63, 3.8) is 0 Å². The Hall–Kier alpha value is -3.26. The summed E-state index contributed by atoms with van der Waals surface area (Å²) in [7, 11) is 0. The molecule has 3 aromatic rings. The Bertz CT molecular complexity index is 1100. The van der Waals surface area contributed by atoms with E-state index in [1.165, 1.54) is 0 Å². The second-order valence-electron chi connectivity index (χ2n) is 8.57. The van der Waals surface area contributed by atoms with Crippen molar-refractivity contribution in [2.75, 3.05) is 36.0 Å². The molecule has 2 amide bonds. The first kappa shape index (κ1) is 21.6. The van der Waals surface area contributed by atoms with Crippen LogP contribution < -0.4 is 9.80 Å². The molecule has 7 nitrogen and oxygen atoms in total. The van der Waals surface area contributed by atoms with Crippen LogP contribution >= 0.6 is 11.3 Å². The summed E-state index contributed by atoms with van der Waals surface area (Å²) in [6.07, 6.45) is 4.43. The van der Waals surface area contributed by atoms with E-state index in [4.69, 9.17) is 0 Å². The van der Waals surface area contributed by atoms with Crippen molar-refractivity contribution in [2.24, 2.45) is 5.92 Å². The number of rotatable bonds is 4. The van der Waals surface area contributed by atoms with Gasteiger partial charge in [-0.05, 0) is 43.0 Å². The summed E-state index contributed by atoms with van der Waals surface area (Å²) < 4.78 is 0. The van der Waals surface area contributed by atoms with Gasteiger partial charge in [0.2, 0.25) is 17.8 Å². The number of amides is 2. The monoisotopic (exact) mass is 461 g/mol. The SMILES string of the molecule is Cc1ccc(N2C(=O)CCC(C(=O)N3CCN(c4ncccn4)CC3)C2c2cccs2)cc1. The first-order valence-electron chi connectivity index (χ1n) is 11.3. The molecule has 0 bridgehead atoms. The number of hydrogen-bond acceptors (Lipinski definition) is 6. The molecule has 2 aliphatic heterocycles. The predicted octanol–water partition coefficient (Wildman–Crippen LogP) is 3.68. The van der Waals surface area contributed by atoms with E-state index in [0.717, 1.165) is 16.1 Å². The van der Waals surface area contributed by atoms with Crippen molar-refractivity contribution in [2.45, 2.75) is 25.8 Å². The molecule has 2 atom stereocenters. The van der Waals surface area contributed by atoms with Crippen molar-refractivity contribution in [1.82, 2.24) is 14.9 Å². The Labute approximate surface area is 197 Å². The smallest absolute Gasteiger partial charge is 0.228 e. The fraction of sp³-hybridized carbons (Fsp3) is 0.360. The molecule has 0 saturated carbocycles. The topological polar surface area (TPSA) is 69.6 Å². The van der Waals surface area contributed by atoms with E-state index < -0.39 is 0 Å². The maximum absolute atomic E-state index is 13.8. The molecular formula is C25H27N5O2S. The molecule has 2 fully saturated rings. The molecule has 0 N–H and O–H groups in total. The van der Waals surface area contributed by atoms with Gasteiger partial charge in [0.25, 0.3) is 0 Å². The minimum absolute atomic E-state index is 0.0762. The Morgan fingerprint density at radius 1 is 1.00 bits per heavy atom. The number of piperazine rings is 1. The van der Waals surface area contributed by atoms with Crippen LogP contribution in [-0.4, -0.2) is 52.9 Å². The summed E-state index contributed by atoms with van der Waals surface area (Å²) in [4.78, 5) is 42.5. The molecule has 0 aliphatic carbocycles. The van der Waals surface area contributed by atoms with Crippen LogP contribution in [-0.2, 0) is 9.59 Å². The van der Waals surface area contributed by atoms with E-state index in [1.807, 2.05) is 58.5 Å². The van der Waals surface area contributed by atoms with Gasteiger partial charge >= 0.3 is 0 Å². The lowest BCUT2D eigenvalue weighted by Crippen LogP contribution is -2.54. The number of carbonyl (C=O) groups excluding carboxylic acids is 2. The zero-order valence-corrected chi connectivity index (χ0v) is 19.4. The molecule has 4 heterocycles. The molecule has 2 aliphatic rings. The van der Waals surface area contributed by atoms with E-state index in [1.54, 1.807) is 29.8 Å². The lowest BCUT2D eigenvalue weighted by atomic mass is 9.85. The summed E-state index contributed by atoms with van der Waals surface area (Å²) >= 11 is 1.61. The number of thiophene rings is 1. The molecule has 2 aromatic heterocycles. The third-order valence-electron chi connectivity index (χ3n) is 6.49. The second kappa shape index (κ2) is 9.31. The fourth-order valence-corrected chi connectivity index (χ4v) is 5.64. The Morgan fingerprint density at radius 3 is 2.39 bits per heavy atom. The van der Waals surface area contributed by atoms with E-state index >= 15 is 0 Å². The number of nitrogens with zero attached hydrogens (tertiary/aromatic N) is 5. The first-order chi connectivity index (χ1) is 16.1. The molecule has 170 valence electrons. The third kappa shape index (κ3) is 4.35. The van der Waals surface area contributed by atoms with Gasteiger partial charge < -0.3 is 14.7 Å². The number of aromatic nitrogens is 2. The Kier molecular flexibility index (Phi) is 6.09. The maximum Gasteiger partial charge on any atom is 0.228 e. The lowest BCUT2D eigenvalue weighted by molar-refractivity contribution is -0.138. The molecule has 0 radical (unpaired) electrons. The van der Waals surface area contributed by atoms with Gasteiger partial charge in [0.1, 0.15) is 0 Å². The summed E-state index contributed by atoms with van der Waals surface area (Å²) in [6.45, 7) is 4.69. The standard InChI is InChI=1S/C25H27N5O2S/c1-18-5-7-19(8-6-18)30-22(31)10-9-20(23(30)21-4-2-17-33-21)24(32)28-13-15-29(16-14-28)25-26-11-3-12-27-25/h2-8,11-12,17,20,23H,9-10,13-16H2,1H3. The highest BCUT2D eigenvalue weighted by molar-refractivity contribution is 7.10. The molecule has 8 heteroatoms. The van der Waals surface area contributed by atoms with Gasteiger partial charge in [0.05, 0.1) is 12.0 Å². The van der Waals surface area contributed by atoms with Crippen LogP contribution in [0.2, 0.25) is 0 Å². The van der Waals surface area contributed by atoms with Gasteiger partial charge in [-0.2, -0.15) is 0 Å². The quantitative estimate of drug-likeness (QED) is 0.593. The van der Waals surface area contributed by atoms with Crippen molar-refractivity contribution in [3.8, 4) is 0 Å². The molecule has 33 heavy (non-hydrogen) atoms. The minimum atomic E-state index is -0.281. The van der Waals surface area contributed by atoms with E-state index in [0.29, 0.717) is 45.0 Å². The average Bonchev–Trinajstić information content (AvgIpc) is 3.39. The number of piperidine rings is 1. The minimum Gasteiger partial charge on any atom is -0.339 e. The summed E-state index contributed by atoms with van der Waals surface area (Å²) in [5.74, 6) is 0.649. The van der Waals surface area contributed by atoms with Gasteiger partial charge in [-0.3, -0.25) is 9.59 Å². The van der Waals surface area contributed by atoms with E-state index in [-0.39, 0.29) is 23.8 Å². The molecule has 5 rings (SSSR count). The summed E-state index contributed by atoms with van der Waals surface area (Å²) in [5.41, 5.74) is 2.00. The Morgan fingerprint density at radius 2 is 1.73 bits per heavy atom. The van der Waals surface area contributed by atoms with Gasteiger partial charge in [0, 0.05) is 55.6 Å². The number of benzene rings is 1. The second-order valence-corrected chi connectivity index (χ2v) is 9.55. The molecule has 2 unspecified atom stereocenters. The lowest BCUT2D eigenvalue weighted by Gasteiger charge is -2.43. The number of aryl methyl sites for hydroxylation is 1. The van der Waals surface area contributed by atoms with E-state index in [9.17, 15) is 9.59 Å². The van der Waals surface area contributed by atoms with Crippen molar-refractivity contribution >= 4 is 34.8 Å². The van der Waals surface area contributed by atoms with Crippen molar-refractivity contribution in [3.05, 3.63) is 70.7 Å². The zero-order chi connectivity index (χ0) is 22.8. The van der Waals surface area contributed by atoms with Crippen LogP contribution in [0.25, 0.3) is 0 Å². The molecule has 2 saturated heterocycles. The van der Waals surface area contributed by atoms with E-state index in [2.05, 4.69) is 14.9 Å². The maximum atomic E-state index is 13.8. The zero-order valence-electron chi connectivity index (χ0n) is 18.6. The van der Waals surface area contributed by atoms with Crippen LogP contribution in [0.3, 0.4) is 0 Å². The number of anilines is 2. The molecule has 0 spiro atoms. The normalized spacial score (nSPS) is 21.4. The van der Waals surface area contributed by atoms with Crippen LogP contribution in [0, 0.1) is 12.8 Å². The average molecular weight is 462 g/mol. The first-order valence-corrected chi connectivity index (χ1v) is 12.2. The molecule has 1 aromatic carbocycles. The highest BCUT2D eigenvalue weighted by Crippen LogP contribution is 2.42. The van der Waals surface area contributed by atoms with Gasteiger partial charge in [0.15, 0.2) is 0 Å². The van der Waals surface area contributed by atoms with Gasteiger partial charge in [-0.1, -0.05) is 23.8 Å². The van der Waals surface area contributed by atoms with Crippen LogP contribution in [0.1, 0.15) is 29.3 Å². The number of carbonyl (C=O) groups is 2. The van der Waals surface area contributed by atoms with Gasteiger partial charge in [-0.25, -0.2) is 9.97 Å². The van der Waals surface area contributed by atoms with Crippen LogP contribution in [0.15, 0.2) is 60.2 Å². The summed E-state index contributed by atoms with van der Waals surface area (Å²) in [6, 6.07) is 13.6. The predicted molar refractivity (Wildman–Crippen MR) is 129 cm³/mol. The van der Waals surface area contributed by atoms with Crippen molar-refractivity contribution in [1.29, 1.82) is 0 Å². The number of hydrogen-bond donors (Lipinski definition) is 0. The fourth-order valence-electron chi connectivity index (χ4n) is 4.76. The third-order valence-corrected chi connectivity index (χ3v) is 7.43. The molecular weight excluding hydrogens is 434 g/mol. The highest BCUT2D eigenvalue weighted by atomic mass is 32.1. The van der Waals surface area contributed by atoms with Gasteiger partial charge in [-0.15, -0.1) is 11.3 Å². The summed E-state index contributed by atoms with van der Waals surface area (Å²) in [5, 5.41) is 2.02. The Balaban J connectivity index is 1.39. The van der Waals surface area contributed by atoms with Crippen LogP contribution in [0.4, 0.5) is 11.6 Å². The largest absolute Gasteiger partial charge is 0.339 e.